The number of furan rings is 1. The maximum absolute atomic E-state index is 9.40. The maximum atomic E-state index is 9.40. The molecule has 1 aromatic carbocycles. The standard InChI is InChI=1S/C21H33N3O2.HI/c1-5-21(6-2,12-13-25)15-24-20(22-7-3)23-14-19-16(4)17-10-8-9-11-18(17)26-19;/h8-11,25H,5-7,12-15H2,1-4H3,(H2,22,23,24);1H. The fourth-order valence-corrected chi connectivity index (χ4v) is 3.32. The van der Waals surface area contributed by atoms with Gasteiger partial charge in [0.2, 0.25) is 0 Å². The van der Waals surface area contributed by atoms with Gasteiger partial charge in [0.25, 0.3) is 0 Å². The van der Waals surface area contributed by atoms with Gasteiger partial charge in [-0.15, -0.1) is 24.0 Å². The molecule has 0 saturated carbocycles. The Hall–Kier alpha value is -1.28. The summed E-state index contributed by atoms with van der Waals surface area (Å²) < 4.78 is 5.96. The molecular formula is C21H34IN3O2. The van der Waals surface area contributed by atoms with E-state index in [0.29, 0.717) is 6.54 Å². The van der Waals surface area contributed by atoms with Crippen molar-refractivity contribution in [3.8, 4) is 0 Å². The molecule has 0 atom stereocenters. The number of fused-ring (bicyclic) bond motifs is 1. The summed E-state index contributed by atoms with van der Waals surface area (Å²) in [6, 6.07) is 8.08. The van der Waals surface area contributed by atoms with Crippen LogP contribution in [-0.4, -0.2) is 30.8 Å². The second-order valence-corrected chi connectivity index (χ2v) is 6.88. The number of aliphatic hydroxyl groups is 1. The van der Waals surface area contributed by atoms with Crippen LogP contribution in [0.3, 0.4) is 0 Å². The molecule has 0 bridgehead atoms. The largest absolute Gasteiger partial charge is 0.459 e. The molecule has 0 spiro atoms. The summed E-state index contributed by atoms with van der Waals surface area (Å²) in [7, 11) is 0. The summed E-state index contributed by atoms with van der Waals surface area (Å²) >= 11 is 0. The van der Waals surface area contributed by atoms with E-state index >= 15 is 0 Å². The summed E-state index contributed by atoms with van der Waals surface area (Å²) in [4.78, 5) is 4.71. The van der Waals surface area contributed by atoms with Crippen LogP contribution in [-0.2, 0) is 6.54 Å². The van der Waals surface area contributed by atoms with Crippen LogP contribution >= 0.6 is 24.0 Å². The van der Waals surface area contributed by atoms with Gasteiger partial charge in [0.15, 0.2) is 5.96 Å². The summed E-state index contributed by atoms with van der Waals surface area (Å²) in [5.41, 5.74) is 2.16. The number of para-hydroxylation sites is 1. The quantitative estimate of drug-likeness (QED) is 0.275. The fraction of sp³-hybridized carbons (Fsp3) is 0.571. The first-order valence-electron chi connectivity index (χ1n) is 9.69. The predicted octanol–water partition coefficient (Wildman–Crippen LogP) is 4.60. The first-order chi connectivity index (χ1) is 12.6. The highest BCUT2D eigenvalue weighted by atomic mass is 127. The normalized spacial score (nSPS) is 12.1. The third-order valence-electron chi connectivity index (χ3n) is 5.44. The van der Waals surface area contributed by atoms with Crippen molar-refractivity contribution in [3.05, 3.63) is 35.6 Å². The van der Waals surface area contributed by atoms with Crippen LogP contribution < -0.4 is 10.6 Å². The molecule has 152 valence electrons. The SMILES string of the molecule is CCNC(=NCc1oc2ccccc2c1C)NCC(CC)(CC)CCO.I. The summed E-state index contributed by atoms with van der Waals surface area (Å²) in [6.07, 6.45) is 2.85. The molecule has 0 fully saturated rings. The van der Waals surface area contributed by atoms with Crippen molar-refractivity contribution in [1.29, 1.82) is 0 Å². The first-order valence-corrected chi connectivity index (χ1v) is 9.69. The monoisotopic (exact) mass is 487 g/mol. The van der Waals surface area contributed by atoms with Gasteiger partial charge in [-0.3, -0.25) is 0 Å². The lowest BCUT2D eigenvalue weighted by Gasteiger charge is -2.32. The molecule has 2 aromatic rings. The number of aryl methyl sites for hydroxylation is 1. The van der Waals surface area contributed by atoms with Crippen LogP contribution in [0, 0.1) is 12.3 Å². The minimum absolute atomic E-state index is 0. The van der Waals surface area contributed by atoms with Gasteiger partial charge in [0, 0.05) is 30.6 Å². The zero-order chi connectivity index (χ0) is 19.0. The highest BCUT2D eigenvalue weighted by molar-refractivity contribution is 14.0. The molecule has 0 aliphatic heterocycles. The molecule has 1 aromatic heterocycles. The lowest BCUT2D eigenvalue weighted by Crippen LogP contribution is -2.43. The molecule has 3 N–H and O–H groups in total. The van der Waals surface area contributed by atoms with Crippen LogP contribution in [0.4, 0.5) is 0 Å². The molecule has 0 aliphatic carbocycles. The van der Waals surface area contributed by atoms with Gasteiger partial charge in [-0.25, -0.2) is 4.99 Å². The Morgan fingerprint density at radius 3 is 2.44 bits per heavy atom. The fourth-order valence-electron chi connectivity index (χ4n) is 3.32. The molecule has 27 heavy (non-hydrogen) atoms. The minimum atomic E-state index is 0. The average molecular weight is 487 g/mol. The Balaban J connectivity index is 0.00000364. The van der Waals surface area contributed by atoms with Gasteiger partial charge in [0.1, 0.15) is 17.9 Å². The van der Waals surface area contributed by atoms with Crippen LogP contribution in [0.25, 0.3) is 11.0 Å². The molecule has 6 heteroatoms. The third kappa shape index (κ3) is 6.10. The highest BCUT2D eigenvalue weighted by Crippen LogP contribution is 2.29. The smallest absolute Gasteiger partial charge is 0.191 e. The van der Waals surface area contributed by atoms with Gasteiger partial charge in [-0.05, 0) is 44.6 Å². The van der Waals surface area contributed by atoms with E-state index < -0.39 is 0 Å². The summed E-state index contributed by atoms with van der Waals surface area (Å²) in [6.45, 7) is 10.8. The second-order valence-electron chi connectivity index (χ2n) is 6.88. The Morgan fingerprint density at radius 1 is 1.15 bits per heavy atom. The van der Waals surface area contributed by atoms with Gasteiger partial charge in [0.05, 0.1) is 0 Å². The van der Waals surface area contributed by atoms with Crippen molar-refractivity contribution in [2.45, 2.75) is 53.5 Å². The van der Waals surface area contributed by atoms with Gasteiger partial charge in [-0.1, -0.05) is 32.0 Å². The van der Waals surface area contributed by atoms with Crippen molar-refractivity contribution < 1.29 is 9.52 Å². The van der Waals surface area contributed by atoms with E-state index in [2.05, 4.69) is 44.4 Å². The molecule has 1 heterocycles. The average Bonchev–Trinajstić information content (AvgIpc) is 2.99. The van der Waals surface area contributed by atoms with Gasteiger partial charge >= 0.3 is 0 Å². The van der Waals surface area contributed by atoms with Gasteiger partial charge in [-0.2, -0.15) is 0 Å². The lowest BCUT2D eigenvalue weighted by molar-refractivity contribution is 0.169. The summed E-state index contributed by atoms with van der Waals surface area (Å²) in [5, 5.41) is 17.3. The van der Waals surface area contributed by atoms with Crippen molar-refractivity contribution in [3.63, 3.8) is 0 Å². The second kappa shape index (κ2) is 11.5. The Morgan fingerprint density at radius 2 is 1.85 bits per heavy atom. The van der Waals surface area contributed by atoms with Crippen molar-refractivity contribution in [2.75, 3.05) is 19.7 Å². The molecule has 2 rings (SSSR count). The predicted molar refractivity (Wildman–Crippen MR) is 124 cm³/mol. The molecular weight excluding hydrogens is 453 g/mol. The van der Waals surface area contributed by atoms with E-state index in [-0.39, 0.29) is 36.0 Å². The number of hydrogen-bond acceptors (Lipinski definition) is 3. The molecule has 0 aliphatic rings. The van der Waals surface area contributed by atoms with Crippen molar-refractivity contribution in [1.82, 2.24) is 10.6 Å². The number of guanidine groups is 1. The number of nitrogens with zero attached hydrogens (tertiary/aromatic N) is 1. The highest BCUT2D eigenvalue weighted by Gasteiger charge is 2.25. The number of halogens is 1. The van der Waals surface area contributed by atoms with E-state index in [1.807, 2.05) is 18.2 Å². The Kier molecular flexibility index (Phi) is 10.2. The van der Waals surface area contributed by atoms with Gasteiger partial charge < -0.3 is 20.2 Å². The molecule has 0 amide bonds. The van der Waals surface area contributed by atoms with E-state index in [1.165, 1.54) is 0 Å². The zero-order valence-corrected chi connectivity index (χ0v) is 19.3. The molecule has 0 saturated heterocycles. The van der Waals surface area contributed by atoms with Crippen molar-refractivity contribution in [2.24, 2.45) is 10.4 Å². The number of aliphatic imine (C=N–C) groups is 1. The number of aliphatic hydroxyl groups excluding tert-OH is 1. The Labute approximate surface area is 180 Å². The molecule has 0 unspecified atom stereocenters. The lowest BCUT2D eigenvalue weighted by atomic mass is 9.79. The Bertz CT molecular complexity index is 723. The number of rotatable bonds is 9. The van der Waals surface area contributed by atoms with Crippen molar-refractivity contribution >= 4 is 40.9 Å². The number of nitrogens with one attached hydrogen (secondary N) is 2. The van der Waals surface area contributed by atoms with E-state index in [0.717, 1.165) is 60.6 Å². The van der Waals surface area contributed by atoms with Crippen LogP contribution in [0.2, 0.25) is 0 Å². The zero-order valence-electron chi connectivity index (χ0n) is 17.0. The number of benzene rings is 1. The van der Waals surface area contributed by atoms with E-state index in [9.17, 15) is 5.11 Å². The maximum Gasteiger partial charge on any atom is 0.191 e. The van der Waals surface area contributed by atoms with Crippen LogP contribution in [0.5, 0.6) is 0 Å². The van der Waals surface area contributed by atoms with Crippen LogP contribution in [0.1, 0.15) is 51.4 Å². The minimum Gasteiger partial charge on any atom is -0.459 e. The topological polar surface area (TPSA) is 69.8 Å². The first kappa shape index (κ1) is 23.8. The van der Waals surface area contributed by atoms with Crippen LogP contribution in [0.15, 0.2) is 33.7 Å². The summed E-state index contributed by atoms with van der Waals surface area (Å²) in [5.74, 6) is 1.69. The van der Waals surface area contributed by atoms with E-state index in [4.69, 9.17) is 9.41 Å². The molecule has 0 radical (unpaired) electrons. The number of hydrogen-bond donors (Lipinski definition) is 3. The molecule has 5 nitrogen and oxygen atoms in total. The van der Waals surface area contributed by atoms with E-state index in [1.54, 1.807) is 0 Å². The third-order valence-corrected chi connectivity index (χ3v) is 5.44.